The topological polar surface area (TPSA) is 6.48 Å². The highest BCUT2D eigenvalue weighted by Crippen LogP contribution is 2.37. The quantitative estimate of drug-likeness (QED) is 0.811. The molecule has 18 heavy (non-hydrogen) atoms. The minimum atomic E-state index is 0.557. The lowest BCUT2D eigenvalue weighted by atomic mass is 10.0. The molecular weight excluding hydrogens is 220 g/mol. The summed E-state index contributed by atoms with van der Waals surface area (Å²) in [4.78, 5) is 4.21. The van der Waals surface area contributed by atoms with Gasteiger partial charge in [0.25, 0.3) is 0 Å². The molecule has 94 valence electrons. The van der Waals surface area contributed by atoms with Crippen molar-refractivity contribution in [3.05, 3.63) is 48.5 Å². The molecule has 0 spiro atoms. The Morgan fingerprint density at radius 3 is 2.22 bits per heavy atom. The van der Waals surface area contributed by atoms with Crippen LogP contribution in [0.4, 0.5) is 11.4 Å². The predicted octanol–water partition coefficient (Wildman–Crippen LogP) is 3.49. The number of para-hydroxylation sites is 1. The molecule has 0 saturated carbocycles. The zero-order chi connectivity index (χ0) is 14.0. The molecule has 2 aromatic rings. The van der Waals surface area contributed by atoms with Crippen LogP contribution in [0.5, 0.6) is 0 Å². The third kappa shape index (κ3) is 2.33. The first kappa shape index (κ1) is 11.1. The molecule has 0 aliphatic carbocycles. The van der Waals surface area contributed by atoms with Gasteiger partial charge in [0.05, 0.1) is 12.7 Å². The summed E-state index contributed by atoms with van der Waals surface area (Å²) >= 11 is 0. The first-order valence-corrected chi connectivity index (χ1v) is 6.06. The molecule has 0 fully saturated rings. The average Bonchev–Trinajstić information content (AvgIpc) is 2.38. The van der Waals surface area contributed by atoms with Crippen LogP contribution >= 0.6 is 0 Å². The molecule has 2 heteroatoms. The third-order valence-electron chi connectivity index (χ3n) is 2.94. The zero-order valence-electron chi connectivity index (χ0n) is 12.4. The van der Waals surface area contributed by atoms with Crippen LogP contribution in [0.3, 0.4) is 0 Å². The summed E-state index contributed by atoms with van der Waals surface area (Å²) in [6, 6.07) is 14.5. The first-order chi connectivity index (χ1) is 9.02. The average molecular weight is 241 g/mol. The van der Waals surface area contributed by atoms with Crippen molar-refractivity contribution in [2.75, 3.05) is 38.0 Å². The van der Waals surface area contributed by atoms with Gasteiger partial charge in [-0.2, -0.15) is 0 Å². The van der Waals surface area contributed by atoms with Crippen LogP contribution in [0.2, 0.25) is 0 Å². The first-order valence-electron chi connectivity index (χ1n) is 6.56. The molecular formula is C16H20N2. The summed E-state index contributed by atoms with van der Waals surface area (Å²) in [7, 11) is 8.16. The van der Waals surface area contributed by atoms with Gasteiger partial charge in [-0.3, -0.25) is 0 Å². The second-order valence-electron chi connectivity index (χ2n) is 4.74. The summed E-state index contributed by atoms with van der Waals surface area (Å²) in [6.07, 6.45) is 0. The smallest absolute Gasteiger partial charge is 0.0678 e. The fourth-order valence-electron chi connectivity index (χ4n) is 2.14. The van der Waals surface area contributed by atoms with E-state index in [1.807, 2.05) is 58.5 Å². The number of benzene rings is 2. The van der Waals surface area contributed by atoms with Gasteiger partial charge in [-0.15, -0.1) is 0 Å². The highest BCUT2D eigenvalue weighted by Gasteiger charge is 2.12. The van der Waals surface area contributed by atoms with E-state index in [4.69, 9.17) is 1.37 Å². The van der Waals surface area contributed by atoms with Crippen molar-refractivity contribution < 1.29 is 1.37 Å². The van der Waals surface area contributed by atoms with E-state index in [2.05, 4.69) is 21.9 Å². The maximum absolute atomic E-state index is 8.09. The van der Waals surface area contributed by atoms with Crippen LogP contribution in [0.1, 0.15) is 1.37 Å². The van der Waals surface area contributed by atoms with Crippen molar-refractivity contribution in [3.63, 3.8) is 0 Å². The Bertz CT molecular complexity index is 577. The van der Waals surface area contributed by atoms with Gasteiger partial charge in [-0.05, 0) is 11.6 Å². The highest BCUT2D eigenvalue weighted by atomic mass is 15.1. The molecule has 0 atom stereocenters. The van der Waals surface area contributed by atoms with Gasteiger partial charge in [-0.1, -0.05) is 42.4 Å². The standard InChI is InChI=1S/C16H20N2/c1-17(2)15-12-8-11-14(16(15)18(3)4)13-9-6-5-7-10-13/h5-12H,1-4H3/i9D. The number of hydrogen-bond donors (Lipinski definition) is 0. The Morgan fingerprint density at radius 2 is 1.61 bits per heavy atom. The molecule has 0 aromatic heterocycles. The van der Waals surface area contributed by atoms with E-state index in [0.29, 0.717) is 6.04 Å². The number of nitrogens with zero attached hydrogens (tertiary/aromatic N) is 2. The van der Waals surface area contributed by atoms with Crippen molar-refractivity contribution in [3.8, 4) is 11.1 Å². The van der Waals surface area contributed by atoms with Gasteiger partial charge < -0.3 is 9.80 Å². The van der Waals surface area contributed by atoms with Crippen molar-refractivity contribution in [2.45, 2.75) is 0 Å². The molecule has 0 aliphatic heterocycles. The fourth-order valence-corrected chi connectivity index (χ4v) is 2.14. The Balaban J connectivity index is 2.71. The van der Waals surface area contributed by atoms with E-state index in [9.17, 15) is 0 Å². The summed E-state index contributed by atoms with van der Waals surface area (Å²) in [5.41, 5.74) is 4.37. The van der Waals surface area contributed by atoms with Gasteiger partial charge in [0.15, 0.2) is 0 Å². The lowest BCUT2D eigenvalue weighted by Gasteiger charge is -2.25. The van der Waals surface area contributed by atoms with Gasteiger partial charge in [0.2, 0.25) is 0 Å². The molecule has 2 rings (SSSR count). The largest absolute Gasteiger partial charge is 0.376 e. The Morgan fingerprint density at radius 1 is 0.833 bits per heavy atom. The van der Waals surface area contributed by atoms with E-state index < -0.39 is 0 Å². The van der Waals surface area contributed by atoms with Crippen molar-refractivity contribution >= 4 is 11.4 Å². The molecule has 0 N–H and O–H groups in total. The third-order valence-corrected chi connectivity index (χ3v) is 2.94. The monoisotopic (exact) mass is 241 g/mol. The molecule has 0 bridgehead atoms. The Hall–Kier alpha value is -1.96. The maximum atomic E-state index is 8.09. The van der Waals surface area contributed by atoms with Crippen LogP contribution in [-0.2, 0) is 0 Å². The summed E-state index contributed by atoms with van der Waals surface area (Å²) in [6.45, 7) is 0. The fraction of sp³-hybridized carbons (Fsp3) is 0.250. The van der Waals surface area contributed by atoms with Crippen molar-refractivity contribution in [1.29, 1.82) is 0 Å². The molecule has 0 unspecified atom stereocenters. The molecule has 0 heterocycles. The van der Waals surface area contributed by atoms with Gasteiger partial charge in [0, 0.05) is 33.8 Å². The number of rotatable bonds is 3. The maximum Gasteiger partial charge on any atom is 0.0678 e. The van der Waals surface area contributed by atoms with E-state index >= 15 is 0 Å². The lowest BCUT2D eigenvalue weighted by molar-refractivity contribution is 1.08. The summed E-state index contributed by atoms with van der Waals surface area (Å²) < 4.78 is 8.09. The molecule has 2 aromatic carbocycles. The summed E-state index contributed by atoms with van der Waals surface area (Å²) in [5.74, 6) is 0. The lowest BCUT2D eigenvalue weighted by Crippen LogP contribution is -2.17. The molecule has 0 amide bonds. The molecule has 0 aliphatic rings. The van der Waals surface area contributed by atoms with Crippen LogP contribution in [0.25, 0.3) is 11.1 Å². The van der Waals surface area contributed by atoms with Crippen molar-refractivity contribution in [2.24, 2.45) is 0 Å². The SMILES string of the molecule is [2H]c1ccccc1-c1cccc(N(C)C)c1N(C)C. The summed E-state index contributed by atoms with van der Waals surface area (Å²) in [5, 5.41) is 0. The second kappa shape index (κ2) is 5.13. The predicted molar refractivity (Wildman–Crippen MR) is 80.5 cm³/mol. The van der Waals surface area contributed by atoms with Gasteiger partial charge in [0.1, 0.15) is 0 Å². The Labute approximate surface area is 111 Å². The molecule has 0 radical (unpaired) electrons. The highest BCUT2D eigenvalue weighted by molar-refractivity contribution is 5.87. The van der Waals surface area contributed by atoms with E-state index in [1.165, 1.54) is 0 Å². The van der Waals surface area contributed by atoms with Gasteiger partial charge in [-0.25, -0.2) is 0 Å². The van der Waals surface area contributed by atoms with Gasteiger partial charge >= 0.3 is 0 Å². The van der Waals surface area contributed by atoms with Crippen LogP contribution in [0, 0.1) is 0 Å². The number of hydrogen-bond acceptors (Lipinski definition) is 2. The van der Waals surface area contributed by atoms with Crippen LogP contribution < -0.4 is 9.80 Å². The van der Waals surface area contributed by atoms with E-state index in [1.54, 1.807) is 0 Å². The molecule has 2 nitrogen and oxygen atoms in total. The second-order valence-corrected chi connectivity index (χ2v) is 4.74. The van der Waals surface area contributed by atoms with Crippen molar-refractivity contribution in [1.82, 2.24) is 0 Å². The van der Waals surface area contributed by atoms with Crippen LogP contribution in [-0.4, -0.2) is 28.2 Å². The zero-order valence-corrected chi connectivity index (χ0v) is 11.4. The minimum Gasteiger partial charge on any atom is -0.376 e. The van der Waals surface area contributed by atoms with E-state index in [-0.39, 0.29) is 0 Å². The Kier molecular flexibility index (Phi) is 3.18. The number of anilines is 2. The normalized spacial score (nSPS) is 11.0. The van der Waals surface area contributed by atoms with Crippen LogP contribution in [0.15, 0.2) is 48.5 Å². The minimum absolute atomic E-state index is 0.557. The molecule has 0 saturated heterocycles. The van der Waals surface area contributed by atoms with E-state index in [0.717, 1.165) is 22.5 Å².